The standard InChI is InChI=1S/C16H12BrN3O/c1-10-9-14(11-5-2-3-7-13(11)19-10)20-16(21)15-12(17)6-4-8-18-15/h2-9H,1H3,(H,19,20,21). The van der Waals surface area contributed by atoms with E-state index in [9.17, 15) is 4.79 Å². The molecule has 0 fully saturated rings. The Morgan fingerprint density at radius 3 is 2.81 bits per heavy atom. The van der Waals surface area contributed by atoms with E-state index in [0.717, 1.165) is 22.3 Å². The van der Waals surface area contributed by atoms with Gasteiger partial charge in [0.2, 0.25) is 0 Å². The summed E-state index contributed by atoms with van der Waals surface area (Å²) >= 11 is 3.34. The molecule has 0 unspecified atom stereocenters. The lowest BCUT2D eigenvalue weighted by atomic mass is 10.1. The van der Waals surface area contributed by atoms with E-state index in [1.54, 1.807) is 18.3 Å². The number of anilines is 1. The van der Waals surface area contributed by atoms with Crippen LogP contribution in [0.5, 0.6) is 0 Å². The first kappa shape index (κ1) is 13.7. The predicted octanol–water partition coefficient (Wildman–Crippen LogP) is 3.95. The summed E-state index contributed by atoms with van der Waals surface area (Å²) < 4.78 is 0.664. The van der Waals surface area contributed by atoms with E-state index in [1.165, 1.54) is 0 Å². The van der Waals surface area contributed by atoms with Crippen molar-refractivity contribution in [1.29, 1.82) is 0 Å². The van der Waals surface area contributed by atoms with Gasteiger partial charge in [-0.2, -0.15) is 0 Å². The van der Waals surface area contributed by atoms with Crippen molar-refractivity contribution in [3.63, 3.8) is 0 Å². The van der Waals surface area contributed by atoms with Crippen molar-refractivity contribution >= 4 is 38.4 Å². The van der Waals surface area contributed by atoms with Gasteiger partial charge in [0.05, 0.1) is 11.2 Å². The second-order valence-electron chi connectivity index (χ2n) is 4.62. The summed E-state index contributed by atoms with van der Waals surface area (Å²) in [6.07, 6.45) is 1.59. The van der Waals surface area contributed by atoms with Crippen LogP contribution in [0.4, 0.5) is 5.69 Å². The second kappa shape index (κ2) is 5.61. The largest absolute Gasteiger partial charge is 0.320 e. The van der Waals surface area contributed by atoms with E-state index in [1.807, 2.05) is 37.3 Å². The molecule has 4 nitrogen and oxygen atoms in total. The molecule has 3 aromatic rings. The van der Waals surface area contributed by atoms with Gasteiger partial charge < -0.3 is 5.32 Å². The number of pyridine rings is 2. The molecule has 0 radical (unpaired) electrons. The molecule has 2 aromatic heterocycles. The predicted molar refractivity (Wildman–Crippen MR) is 86.4 cm³/mol. The molecular formula is C16H12BrN3O. The summed E-state index contributed by atoms with van der Waals surface area (Å²) in [5, 5.41) is 3.82. The number of amides is 1. The third kappa shape index (κ3) is 2.78. The number of hydrogen-bond acceptors (Lipinski definition) is 3. The van der Waals surface area contributed by atoms with Gasteiger partial charge in [-0.1, -0.05) is 18.2 Å². The fourth-order valence-electron chi connectivity index (χ4n) is 2.15. The van der Waals surface area contributed by atoms with Gasteiger partial charge in [-0.25, -0.2) is 4.98 Å². The van der Waals surface area contributed by atoms with Crippen LogP contribution in [0.25, 0.3) is 10.9 Å². The zero-order chi connectivity index (χ0) is 14.8. The van der Waals surface area contributed by atoms with E-state index in [0.29, 0.717) is 10.2 Å². The highest BCUT2D eigenvalue weighted by Gasteiger charge is 2.13. The van der Waals surface area contributed by atoms with E-state index in [4.69, 9.17) is 0 Å². The van der Waals surface area contributed by atoms with Crippen LogP contribution in [-0.2, 0) is 0 Å². The molecule has 1 aromatic carbocycles. The quantitative estimate of drug-likeness (QED) is 0.767. The summed E-state index contributed by atoms with van der Waals surface area (Å²) in [7, 11) is 0. The van der Waals surface area contributed by atoms with Crippen molar-refractivity contribution in [2.24, 2.45) is 0 Å². The molecule has 104 valence electrons. The molecule has 21 heavy (non-hydrogen) atoms. The third-order valence-corrected chi connectivity index (χ3v) is 3.71. The first-order valence-corrected chi connectivity index (χ1v) is 7.23. The first-order valence-electron chi connectivity index (χ1n) is 6.43. The average molecular weight is 342 g/mol. The number of nitrogens with zero attached hydrogens (tertiary/aromatic N) is 2. The van der Waals surface area contributed by atoms with Crippen LogP contribution >= 0.6 is 15.9 Å². The number of carbonyl (C=O) groups is 1. The van der Waals surface area contributed by atoms with Gasteiger partial charge in [0.15, 0.2) is 0 Å². The van der Waals surface area contributed by atoms with Crippen molar-refractivity contribution in [1.82, 2.24) is 9.97 Å². The smallest absolute Gasteiger partial charge is 0.275 e. The molecule has 1 amide bonds. The highest BCUT2D eigenvalue weighted by Crippen LogP contribution is 2.24. The van der Waals surface area contributed by atoms with Crippen LogP contribution in [0, 0.1) is 6.92 Å². The number of aryl methyl sites for hydroxylation is 1. The maximum absolute atomic E-state index is 12.4. The van der Waals surface area contributed by atoms with Crippen molar-refractivity contribution in [2.45, 2.75) is 6.92 Å². The molecule has 0 spiro atoms. The van der Waals surface area contributed by atoms with Gasteiger partial charge in [0, 0.05) is 21.7 Å². The van der Waals surface area contributed by atoms with Gasteiger partial charge in [0.1, 0.15) is 5.69 Å². The Morgan fingerprint density at radius 2 is 2.00 bits per heavy atom. The van der Waals surface area contributed by atoms with E-state index < -0.39 is 0 Å². The van der Waals surface area contributed by atoms with E-state index in [2.05, 4.69) is 31.2 Å². The molecule has 0 atom stereocenters. The molecular weight excluding hydrogens is 330 g/mol. The molecule has 2 heterocycles. The number of carbonyl (C=O) groups excluding carboxylic acids is 1. The van der Waals surface area contributed by atoms with Crippen LogP contribution in [-0.4, -0.2) is 15.9 Å². The Balaban J connectivity index is 2.02. The van der Waals surface area contributed by atoms with Gasteiger partial charge in [-0.15, -0.1) is 0 Å². The van der Waals surface area contributed by atoms with E-state index in [-0.39, 0.29) is 5.91 Å². The average Bonchev–Trinajstić information content (AvgIpc) is 2.47. The minimum atomic E-state index is -0.252. The van der Waals surface area contributed by atoms with Crippen LogP contribution in [0.2, 0.25) is 0 Å². The lowest BCUT2D eigenvalue weighted by Crippen LogP contribution is -2.14. The summed E-state index contributed by atoms with van der Waals surface area (Å²) in [6, 6.07) is 13.1. The van der Waals surface area contributed by atoms with Gasteiger partial charge in [-0.3, -0.25) is 9.78 Å². The maximum Gasteiger partial charge on any atom is 0.275 e. The number of nitrogens with one attached hydrogen (secondary N) is 1. The molecule has 0 aliphatic rings. The van der Waals surface area contributed by atoms with Gasteiger partial charge >= 0.3 is 0 Å². The van der Waals surface area contributed by atoms with Gasteiger partial charge in [0.25, 0.3) is 5.91 Å². The summed E-state index contributed by atoms with van der Waals surface area (Å²) in [5.74, 6) is -0.252. The number of para-hydroxylation sites is 1. The fraction of sp³-hybridized carbons (Fsp3) is 0.0625. The Kier molecular flexibility index (Phi) is 3.66. The van der Waals surface area contributed by atoms with Crippen molar-refractivity contribution < 1.29 is 4.79 Å². The number of rotatable bonds is 2. The van der Waals surface area contributed by atoms with Crippen LogP contribution in [0.15, 0.2) is 53.1 Å². The van der Waals surface area contributed by atoms with Crippen molar-refractivity contribution in [2.75, 3.05) is 5.32 Å². The Bertz CT molecular complexity index is 833. The Morgan fingerprint density at radius 1 is 1.19 bits per heavy atom. The molecule has 1 N–H and O–H groups in total. The number of aromatic nitrogens is 2. The lowest BCUT2D eigenvalue weighted by Gasteiger charge is -2.10. The molecule has 0 saturated heterocycles. The van der Waals surface area contributed by atoms with E-state index >= 15 is 0 Å². The molecule has 3 rings (SSSR count). The number of benzene rings is 1. The van der Waals surface area contributed by atoms with Crippen LogP contribution in [0.1, 0.15) is 16.2 Å². The molecule has 0 bridgehead atoms. The minimum Gasteiger partial charge on any atom is -0.320 e. The maximum atomic E-state index is 12.4. The molecule has 0 aliphatic carbocycles. The zero-order valence-corrected chi connectivity index (χ0v) is 12.9. The van der Waals surface area contributed by atoms with Gasteiger partial charge in [-0.05, 0) is 47.1 Å². The van der Waals surface area contributed by atoms with Crippen molar-refractivity contribution in [3.05, 3.63) is 64.5 Å². The molecule has 5 heteroatoms. The minimum absolute atomic E-state index is 0.252. The SMILES string of the molecule is Cc1cc(NC(=O)c2ncccc2Br)c2ccccc2n1. The third-order valence-electron chi connectivity index (χ3n) is 3.07. The Labute approximate surface area is 130 Å². The van der Waals surface area contributed by atoms with Crippen LogP contribution < -0.4 is 5.32 Å². The Hall–Kier alpha value is -2.27. The normalized spacial score (nSPS) is 10.6. The fourth-order valence-corrected chi connectivity index (χ4v) is 2.58. The number of hydrogen-bond donors (Lipinski definition) is 1. The summed E-state index contributed by atoms with van der Waals surface area (Å²) in [6.45, 7) is 1.90. The first-order chi connectivity index (χ1) is 10.1. The molecule has 0 aliphatic heterocycles. The monoisotopic (exact) mass is 341 g/mol. The second-order valence-corrected chi connectivity index (χ2v) is 5.47. The van der Waals surface area contributed by atoms with Crippen molar-refractivity contribution in [3.8, 4) is 0 Å². The van der Waals surface area contributed by atoms with Crippen LogP contribution in [0.3, 0.4) is 0 Å². The summed E-state index contributed by atoms with van der Waals surface area (Å²) in [4.78, 5) is 20.9. The number of halogens is 1. The lowest BCUT2D eigenvalue weighted by molar-refractivity contribution is 0.102. The topological polar surface area (TPSA) is 54.9 Å². The molecule has 0 saturated carbocycles. The zero-order valence-electron chi connectivity index (χ0n) is 11.3. The number of fused-ring (bicyclic) bond motifs is 1. The summed E-state index contributed by atoms with van der Waals surface area (Å²) in [5.41, 5.74) is 2.80. The highest BCUT2D eigenvalue weighted by molar-refractivity contribution is 9.10. The highest BCUT2D eigenvalue weighted by atomic mass is 79.9.